The molecule has 0 aliphatic rings. The van der Waals surface area contributed by atoms with E-state index >= 15 is 0 Å². The molecule has 0 aliphatic heterocycles. The Hall–Kier alpha value is -2.69. The Morgan fingerprint density at radius 1 is 1.04 bits per heavy atom. The number of amides is 1. The van der Waals surface area contributed by atoms with Gasteiger partial charge in [0.1, 0.15) is 5.75 Å². The average molecular weight is 329 g/mol. The number of ether oxygens (including phenoxy) is 3. The van der Waals surface area contributed by atoms with Gasteiger partial charge in [0.2, 0.25) is 0 Å². The zero-order chi connectivity index (χ0) is 17.5. The van der Waals surface area contributed by atoms with Crippen LogP contribution in [0.1, 0.15) is 22.8 Å². The van der Waals surface area contributed by atoms with Crippen LogP contribution in [0, 0.1) is 0 Å². The number of methoxy groups -OCH3 is 2. The molecule has 0 radical (unpaired) electrons. The highest BCUT2D eigenvalue weighted by Gasteiger charge is 2.16. The van der Waals surface area contributed by atoms with Crippen LogP contribution in [0.5, 0.6) is 17.2 Å². The summed E-state index contributed by atoms with van der Waals surface area (Å²) in [5.41, 5.74) is 1.50. The molecule has 0 fully saturated rings. The molecule has 0 N–H and O–H groups in total. The van der Waals surface area contributed by atoms with Crippen LogP contribution in [0.4, 0.5) is 0 Å². The summed E-state index contributed by atoms with van der Waals surface area (Å²) in [6.45, 7) is 2.95. The summed E-state index contributed by atoms with van der Waals surface area (Å²) in [5.74, 6) is 1.98. The summed E-state index contributed by atoms with van der Waals surface area (Å²) in [6.07, 6.45) is 0. The van der Waals surface area contributed by atoms with Crippen LogP contribution in [-0.2, 0) is 6.54 Å². The molecule has 0 heterocycles. The average Bonchev–Trinajstić information content (AvgIpc) is 2.61. The van der Waals surface area contributed by atoms with E-state index in [0.717, 1.165) is 11.3 Å². The summed E-state index contributed by atoms with van der Waals surface area (Å²) >= 11 is 0. The maximum atomic E-state index is 12.6. The lowest BCUT2D eigenvalue weighted by Crippen LogP contribution is -2.26. The third-order valence-corrected chi connectivity index (χ3v) is 3.65. The Labute approximate surface area is 142 Å². The topological polar surface area (TPSA) is 48.0 Å². The fourth-order valence-corrected chi connectivity index (χ4v) is 2.49. The summed E-state index contributed by atoms with van der Waals surface area (Å²) in [7, 11) is 4.95. The number of nitrogens with zero attached hydrogens (tertiary/aromatic N) is 1. The maximum absolute atomic E-state index is 12.6. The van der Waals surface area contributed by atoms with Gasteiger partial charge in [-0.15, -0.1) is 0 Å². The largest absolute Gasteiger partial charge is 0.494 e. The number of carbonyl (C=O) groups is 1. The van der Waals surface area contributed by atoms with Gasteiger partial charge in [0.15, 0.2) is 11.5 Å². The predicted octanol–water partition coefficient (Wildman–Crippen LogP) is 3.37. The van der Waals surface area contributed by atoms with E-state index in [9.17, 15) is 4.79 Å². The number of para-hydroxylation sites is 1. The van der Waals surface area contributed by atoms with Crippen LogP contribution in [0.2, 0.25) is 0 Å². The Morgan fingerprint density at radius 2 is 1.75 bits per heavy atom. The lowest BCUT2D eigenvalue weighted by atomic mass is 10.1. The van der Waals surface area contributed by atoms with Crippen LogP contribution >= 0.6 is 0 Å². The lowest BCUT2D eigenvalue weighted by Gasteiger charge is -2.20. The van der Waals surface area contributed by atoms with Gasteiger partial charge < -0.3 is 19.1 Å². The molecule has 0 aliphatic carbocycles. The first kappa shape index (κ1) is 17.7. The molecule has 5 nitrogen and oxygen atoms in total. The second-order valence-electron chi connectivity index (χ2n) is 5.27. The third-order valence-electron chi connectivity index (χ3n) is 3.65. The zero-order valence-corrected chi connectivity index (χ0v) is 14.5. The number of carbonyl (C=O) groups excluding carboxylic acids is 1. The molecule has 0 spiro atoms. The Kier molecular flexibility index (Phi) is 6.07. The molecular formula is C19H23NO4. The molecule has 0 aromatic heterocycles. The van der Waals surface area contributed by atoms with Crippen LogP contribution in [0.3, 0.4) is 0 Å². The van der Waals surface area contributed by atoms with E-state index < -0.39 is 0 Å². The Balaban J connectivity index is 2.14. The standard InChI is InChI=1S/C19H23NO4/c1-5-24-16-11-9-14(10-12-16)19(21)20(2)13-15-7-6-8-17(22-3)18(15)23-4/h6-12H,5,13H2,1-4H3. The molecule has 0 saturated heterocycles. The molecule has 0 saturated carbocycles. The van der Waals surface area contributed by atoms with E-state index in [1.165, 1.54) is 0 Å². The van der Waals surface area contributed by atoms with E-state index in [1.54, 1.807) is 50.4 Å². The van der Waals surface area contributed by atoms with Gasteiger partial charge in [0, 0.05) is 24.7 Å². The first-order valence-electron chi connectivity index (χ1n) is 7.78. The van der Waals surface area contributed by atoms with E-state index in [2.05, 4.69) is 0 Å². The fraction of sp³-hybridized carbons (Fsp3) is 0.316. The van der Waals surface area contributed by atoms with Gasteiger partial charge in [-0.25, -0.2) is 0 Å². The smallest absolute Gasteiger partial charge is 0.253 e. The van der Waals surface area contributed by atoms with Crippen LogP contribution < -0.4 is 14.2 Å². The van der Waals surface area contributed by atoms with Crippen LogP contribution in [-0.4, -0.2) is 38.7 Å². The Bertz CT molecular complexity index is 682. The van der Waals surface area contributed by atoms with Gasteiger partial charge >= 0.3 is 0 Å². The first-order valence-corrected chi connectivity index (χ1v) is 7.78. The monoisotopic (exact) mass is 329 g/mol. The van der Waals surface area contributed by atoms with Gasteiger partial charge in [0.05, 0.1) is 20.8 Å². The van der Waals surface area contributed by atoms with Crippen LogP contribution in [0.25, 0.3) is 0 Å². The Morgan fingerprint density at radius 3 is 2.33 bits per heavy atom. The zero-order valence-electron chi connectivity index (χ0n) is 14.5. The van der Waals surface area contributed by atoms with Crippen molar-refractivity contribution < 1.29 is 19.0 Å². The SMILES string of the molecule is CCOc1ccc(C(=O)N(C)Cc2cccc(OC)c2OC)cc1. The number of hydrogen-bond donors (Lipinski definition) is 0. The van der Waals surface area contributed by atoms with Crippen molar-refractivity contribution in [1.29, 1.82) is 0 Å². The highest BCUT2D eigenvalue weighted by atomic mass is 16.5. The minimum absolute atomic E-state index is 0.0667. The quantitative estimate of drug-likeness (QED) is 0.781. The summed E-state index contributed by atoms with van der Waals surface area (Å²) in [6, 6.07) is 12.8. The lowest BCUT2D eigenvalue weighted by molar-refractivity contribution is 0.0784. The van der Waals surface area contributed by atoms with Crippen molar-refractivity contribution in [2.24, 2.45) is 0 Å². The molecule has 5 heteroatoms. The molecular weight excluding hydrogens is 306 g/mol. The van der Waals surface area contributed by atoms with Crippen molar-refractivity contribution in [2.75, 3.05) is 27.9 Å². The highest BCUT2D eigenvalue weighted by Crippen LogP contribution is 2.31. The molecule has 2 aromatic rings. The van der Waals surface area contributed by atoms with E-state index in [-0.39, 0.29) is 5.91 Å². The summed E-state index contributed by atoms with van der Waals surface area (Å²) in [4.78, 5) is 14.2. The second kappa shape index (κ2) is 8.24. The van der Waals surface area contributed by atoms with Crippen molar-refractivity contribution >= 4 is 5.91 Å². The summed E-state index contributed by atoms with van der Waals surface area (Å²) in [5, 5.41) is 0. The van der Waals surface area contributed by atoms with Crippen molar-refractivity contribution in [1.82, 2.24) is 4.90 Å². The van der Waals surface area contributed by atoms with Crippen molar-refractivity contribution in [2.45, 2.75) is 13.5 Å². The molecule has 2 aromatic carbocycles. The molecule has 0 atom stereocenters. The predicted molar refractivity (Wildman–Crippen MR) is 93.0 cm³/mol. The molecule has 24 heavy (non-hydrogen) atoms. The van der Waals surface area contributed by atoms with Gasteiger partial charge in [-0.1, -0.05) is 12.1 Å². The van der Waals surface area contributed by atoms with Gasteiger partial charge in [-0.05, 0) is 37.3 Å². The van der Waals surface area contributed by atoms with Crippen LogP contribution in [0.15, 0.2) is 42.5 Å². The van der Waals surface area contributed by atoms with E-state index in [1.807, 2.05) is 25.1 Å². The van der Waals surface area contributed by atoms with E-state index in [4.69, 9.17) is 14.2 Å². The normalized spacial score (nSPS) is 10.2. The van der Waals surface area contributed by atoms with E-state index in [0.29, 0.717) is 30.2 Å². The highest BCUT2D eigenvalue weighted by molar-refractivity contribution is 5.94. The number of rotatable bonds is 7. The molecule has 1 amide bonds. The molecule has 0 unspecified atom stereocenters. The van der Waals surface area contributed by atoms with Gasteiger partial charge in [0.25, 0.3) is 5.91 Å². The first-order chi connectivity index (χ1) is 11.6. The maximum Gasteiger partial charge on any atom is 0.253 e. The minimum Gasteiger partial charge on any atom is -0.494 e. The number of benzene rings is 2. The van der Waals surface area contributed by atoms with Crippen molar-refractivity contribution in [3.8, 4) is 17.2 Å². The number of hydrogen-bond acceptors (Lipinski definition) is 4. The molecule has 2 rings (SSSR count). The second-order valence-corrected chi connectivity index (χ2v) is 5.27. The van der Waals surface area contributed by atoms with Gasteiger partial charge in [-0.2, -0.15) is 0 Å². The van der Waals surface area contributed by atoms with Crippen molar-refractivity contribution in [3.05, 3.63) is 53.6 Å². The third kappa shape index (κ3) is 3.98. The van der Waals surface area contributed by atoms with Gasteiger partial charge in [-0.3, -0.25) is 4.79 Å². The fourth-order valence-electron chi connectivity index (χ4n) is 2.49. The minimum atomic E-state index is -0.0667. The van der Waals surface area contributed by atoms with Crippen molar-refractivity contribution in [3.63, 3.8) is 0 Å². The molecule has 0 bridgehead atoms. The molecule has 128 valence electrons. The summed E-state index contributed by atoms with van der Waals surface area (Å²) < 4.78 is 16.1.